The normalized spacial score (nSPS) is 10.2. The van der Waals surface area contributed by atoms with Gasteiger partial charge in [0.1, 0.15) is 6.61 Å². The number of carbonyl (C=O) groups is 1. The van der Waals surface area contributed by atoms with E-state index in [1.54, 1.807) is 13.0 Å². The van der Waals surface area contributed by atoms with Gasteiger partial charge in [-0.3, -0.25) is 0 Å². The average molecular weight is 337 g/mol. The lowest BCUT2D eigenvalue weighted by molar-refractivity contribution is -0.148. The highest BCUT2D eigenvalue weighted by atomic mass is 79.9. The fourth-order valence-corrected chi connectivity index (χ4v) is 1.79. The van der Waals surface area contributed by atoms with Crippen molar-refractivity contribution in [3.05, 3.63) is 27.7 Å². The van der Waals surface area contributed by atoms with Crippen LogP contribution in [0.3, 0.4) is 0 Å². The molecule has 0 spiro atoms. The van der Waals surface area contributed by atoms with Crippen molar-refractivity contribution in [2.24, 2.45) is 0 Å². The van der Waals surface area contributed by atoms with Gasteiger partial charge in [-0.05, 0) is 25.1 Å². The Kier molecular flexibility index (Phi) is 7.08. The second-order valence-electron chi connectivity index (χ2n) is 3.41. The Labute approximate surface area is 120 Å². The van der Waals surface area contributed by atoms with E-state index < -0.39 is 0 Å². The summed E-state index contributed by atoms with van der Waals surface area (Å²) < 4.78 is 10.8. The molecule has 0 radical (unpaired) electrons. The molecule has 0 aromatic heterocycles. The standard InChI is InChI=1S/C12H15BrClNO3/c1-2-18-12(16)8-17-6-5-15-11-7-9(13)3-4-10(11)14/h3-4,7,15H,2,5-6,8H2,1H3. The fourth-order valence-electron chi connectivity index (χ4n) is 1.25. The molecule has 6 heteroatoms. The number of halogens is 2. The second-order valence-corrected chi connectivity index (χ2v) is 4.73. The number of rotatable bonds is 7. The smallest absolute Gasteiger partial charge is 0.332 e. The third-order valence-electron chi connectivity index (χ3n) is 2.02. The molecular weight excluding hydrogens is 321 g/mol. The molecular formula is C12H15BrClNO3. The van der Waals surface area contributed by atoms with E-state index in [2.05, 4.69) is 21.2 Å². The Balaban J connectivity index is 2.21. The van der Waals surface area contributed by atoms with Crippen LogP contribution in [0, 0.1) is 0 Å². The maximum Gasteiger partial charge on any atom is 0.332 e. The summed E-state index contributed by atoms with van der Waals surface area (Å²) in [5.41, 5.74) is 0.825. The number of ether oxygens (including phenoxy) is 2. The summed E-state index contributed by atoms with van der Waals surface area (Å²) in [4.78, 5) is 11.0. The monoisotopic (exact) mass is 335 g/mol. The first-order valence-electron chi connectivity index (χ1n) is 5.55. The molecule has 1 aromatic carbocycles. The van der Waals surface area contributed by atoms with Crippen molar-refractivity contribution in [3.8, 4) is 0 Å². The van der Waals surface area contributed by atoms with E-state index in [1.165, 1.54) is 0 Å². The molecule has 0 aliphatic carbocycles. The van der Waals surface area contributed by atoms with Crippen LogP contribution in [0.1, 0.15) is 6.92 Å². The first-order valence-corrected chi connectivity index (χ1v) is 6.73. The molecule has 0 aliphatic heterocycles. The number of hydrogen-bond acceptors (Lipinski definition) is 4. The zero-order valence-corrected chi connectivity index (χ0v) is 12.4. The Morgan fingerprint density at radius 2 is 2.28 bits per heavy atom. The molecule has 100 valence electrons. The molecule has 0 saturated heterocycles. The largest absolute Gasteiger partial charge is 0.464 e. The van der Waals surface area contributed by atoms with E-state index >= 15 is 0 Å². The van der Waals surface area contributed by atoms with Crippen LogP contribution in [0.5, 0.6) is 0 Å². The van der Waals surface area contributed by atoms with Crippen LogP contribution < -0.4 is 5.32 Å². The zero-order valence-electron chi connectivity index (χ0n) is 10.0. The molecule has 0 saturated carbocycles. The summed E-state index contributed by atoms with van der Waals surface area (Å²) in [6.07, 6.45) is 0. The first kappa shape index (κ1) is 15.3. The Hall–Kier alpha value is -0.780. The van der Waals surface area contributed by atoms with Crippen LogP contribution >= 0.6 is 27.5 Å². The zero-order chi connectivity index (χ0) is 13.4. The van der Waals surface area contributed by atoms with Crippen molar-refractivity contribution >= 4 is 39.2 Å². The number of nitrogens with one attached hydrogen (secondary N) is 1. The summed E-state index contributed by atoms with van der Waals surface area (Å²) in [5.74, 6) is -0.349. The number of hydrogen-bond donors (Lipinski definition) is 1. The fraction of sp³-hybridized carbons (Fsp3) is 0.417. The second kappa shape index (κ2) is 8.34. The molecule has 4 nitrogen and oxygen atoms in total. The maximum absolute atomic E-state index is 11.0. The van der Waals surface area contributed by atoms with E-state index in [1.807, 2.05) is 12.1 Å². The van der Waals surface area contributed by atoms with Gasteiger partial charge in [0.05, 0.1) is 23.9 Å². The van der Waals surface area contributed by atoms with Crippen molar-refractivity contribution in [1.82, 2.24) is 0 Å². The van der Waals surface area contributed by atoms with Gasteiger partial charge in [-0.2, -0.15) is 0 Å². The van der Waals surface area contributed by atoms with E-state index in [9.17, 15) is 4.79 Å². The third-order valence-corrected chi connectivity index (χ3v) is 2.84. The van der Waals surface area contributed by atoms with Crippen LogP contribution in [0.15, 0.2) is 22.7 Å². The summed E-state index contributed by atoms with van der Waals surface area (Å²) in [6, 6.07) is 5.55. The highest BCUT2D eigenvalue weighted by Crippen LogP contribution is 2.25. The van der Waals surface area contributed by atoms with E-state index in [0.717, 1.165) is 10.2 Å². The summed E-state index contributed by atoms with van der Waals surface area (Å²) in [6.45, 7) is 3.07. The summed E-state index contributed by atoms with van der Waals surface area (Å²) in [5, 5.41) is 3.76. The number of anilines is 1. The molecule has 18 heavy (non-hydrogen) atoms. The number of esters is 1. The first-order chi connectivity index (χ1) is 8.63. The number of carbonyl (C=O) groups excluding carboxylic acids is 1. The van der Waals surface area contributed by atoms with Crippen LogP contribution in [-0.2, 0) is 14.3 Å². The van der Waals surface area contributed by atoms with Gasteiger partial charge in [0.15, 0.2) is 0 Å². The Morgan fingerprint density at radius 3 is 3.00 bits per heavy atom. The molecule has 0 bridgehead atoms. The van der Waals surface area contributed by atoms with E-state index in [-0.39, 0.29) is 12.6 Å². The molecule has 0 aliphatic rings. The lowest BCUT2D eigenvalue weighted by Gasteiger charge is -2.09. The van der Waals surface area contributed by atoms with Crippen LogP contribution in [0.25, 0.3) is 0 Å². The SMILES string of the molecule is CCOC(=O)COCCNc1cc(Br)ccc1Cl. The predicted molar refractivity (Wildman–Crippen MR) is 75.1 cm³/mol. The molecule has 0 fully saturated rings. The molecule has 1 aromatic rings. The lowest BCUT2D eigenvalue weighted by Crippen LogP contribution is -2.16. The van der Waals surface area contributed by atoms with Gasteiger partial charge in [-0.25, -0.2) is 4.79 Å². The molecule has 0 amide bonds. The molecule has 0 atom stereocenters. The minimum atomic E-state index is -0.349. The molecule has 0 unspecified atom stereocenters. The predicted octanol–water partition coefficient (Wildman–Crippen LogP) is 3.09. The van der Waals surface area contributed by atoms with Gasteiger partial charge in [-0.15, -0.1) is 0 Å². The van der Waals surface area contributed by atoms with Gasteiger partial charge in [0, 0.05) is 11.0 Å². The average Bonchev–Trinajstić information content (AvgIpc) is 2.33. The lowest BCUT2D eigenvalue weighted by atomic mass is 10.3. The highest BCUT2D eigenvalue weighted by Gasteiger charge is 2.02. The van der Waals surface area contributed by atoms with E-state index in [4.69, 9.17) is 21.1 Å². The van der Waals surface area contributed by atoms with Gasteiger partial charge >= 0.3 is 5.97 Å². The van der Waals surface area contributed by atoms with Crippen molar-refractivity contribution < 1.29 is 14.3 Å². The van der Waals surface area contributed by atoms with Gasteiger partial charge < -0.3 is 14.8 Å². The minimum absolute atomic E-state index is 0.0261. The van der Waals surface area contributed by atoms with Crippen LogP contribution in [-0.4, -0.2) is 32.3 Å². The van der Waals surface area contributed by atoms with Gasteiger partial charge in [-0.1, -0.05) is 27.5 Å². The number of benzene rings is 1. The minimum Gasteiger partial charge on any atom is -0.464 e. The van der Waals surface area contributed by atoms with Crippen molar-refractivity contribution in [1.29, 1.82) is 0 Å². The van der Waals surface area contributed by atoms with E-state index in [0.29, 0.717) is 24.8 Å². The topological polar surface area (TPSA) is 47.6 Å². The Morgan fingerprint density at radius 1 is 1.50 bits per heavy atom. The molecule has 1 rings (SSSR count). The van der Waals surface area contributed by atoms with Gasteiger partial charge in [0.2, 0.25) is 0 Å². The highest BCUT2D eigenvalue weighted by molar-refractivity contribution is 9.10. The van der Waals surface area contributed by atoms with Gasteiger partial charge in [0.25, 0.3) is 0 Å². The summed E-state index contributed by atoms with van der Waals surface area (Å²) in [7, 11) is 0. The Bertz CT molecular complexity index is 401. The van der Waals surface area contributed by atoms with Crippen LogP contribution in [0.2, 0.25) is 5.02 Å². The molecule has 0 heterocycles. The van der Waals surface area contributed by atoms with Crippen molar-refractivity contribution in [3.63, 3.8) is 0 Å². The summed E-state index contributed by atoms with van der Waals surface area (Å²) >= 11 is 9.37. The van der Waals surface area contributed by atoms with Crippen LogP contribution in [0.4, 0.5) is 5.69 Å². The molecule has 1 N–H and O–H groups in total. The maximum atomic E-state index is 11.0. The third kappa shape index (κ3) is 5.71. The quantitative estimate of drug-likeness (QED) is 0.614. The van der Waals surface area contributed by atoms with Crippen molar-refractivity contribution in [2.45, 2.75) is 6.92 Å². The van der Waals surface area contributed by atoms with Crippen molar-refractivity contribution in [2.75, 3.05) is 31.7 Å².